The van der Waals surface area contributed by atoms with Gasteiger partial charge in [0.05, 0.1) is 12.6 Å². The molecule has 0 atom stereocenters. The molecule has 0 unspecified atom stereocenters. The lowest BCUT2D eigenvalue weighted by Gasteiger charge is -2.02. The van der Waals surface area contributed by atoms with Crippen LogP contribution in [0.3, 0.4) is 0 Å². The summed E-state index contributed by atoms with van der Waals surface area (Å²) in [4.78, 5) is 32.5. The largest absolute Gasteiger partial charge is 0.481 e. The Labute approximate surface area is 160 Å². The third-order valence-corrected chi connectivity index (χ3v) is 4.50. The van der Waals surface area contributed by atoms with Gasteiger partial charge in [-0.25, -0.2) is 9.98 Å². The van der Waals surface area contributed by atoms with E-state index in [-0.39, 0.29) is 17.7 Å². The van der Waals surface area contributed by atoms with Crippen LogP contribution in [-0.4, -0.2) is 31.6 Å². The van der Waals surface area contributed by atoms with Gasteiger partial charge in [-0.1, -0.05) is 18.2 Å². The smallest absolute Gasteiger partial charge is 0.309 e. The van der Waals surface area contributed by atoms with Gasteiger partial charge in [0.15, 0.2) is 6.20 Å². The molecule has 0 saturated heterocycles. The third kappa shape index (κ3) is 3.05. The summed E-state index contributed by atoms with van der Waals surface area (Å²) in [5, 5.41) is 12.1. The van der Waals surface area contributed by atoms with Gasteiger partial charge in [-0.15, -0.1) is 0 Å². The number of hydrogen-bond acceptors (Lipinski definition) is 4. The van der Waals surface area contributed by atoms with E-state index in [4.69, 9.17) is 0 Å². The molecule has 2 N–H and O–H groups in total. The first-order chi connectivity index (χ1) is 13.6. The normalized spacial score (nSPS) is 14.2. The minimum Gasteiger partial charge on any atom is -0.481 e. The van der Waals surface area contributed by atoms with Crippen LogP contribution in [-0.2, 0) is 17.8 Å². The Bertz CT molecular complexity index is 1170. The number of carboxylic acid groups (broad SMARTS) is 1. The Morgan fingerprint density at radius 3 is 2.79 bits per heavy atom. The number of allylic oxidation sites excluding steroid dienone is 1. The SMILES string of the molecule is CCn1[nH]cc(N=C2C=C(c3ccccc3)[n+]3ccnc(CC(=O)O)c32)c1=O. The molecule has 8 heteroatoms. The highest BCUT2D eigenvalue weighted by Gasteiger charge is 2.34. The van der Waals surface area contributed by atoms with Gasteiger partial charge >= 0.3 is 5.97 Å². The Kier molecular flexibility index (Phi) is 4.44. The predicted octanol–water partition coefficient (Wildman–Crippen LogP) is 1.53. The Hall–Kier alpha value is -3.81. The molecular formula is C20H18N5O3+. The molecule has 28 heavy (non-hydrogen) atoms. The second kappa shape index (κ2) is 7.07. The molecule has 0 spiro atoms. The van der Waals surface area contributed by atoms with Crippen molar-refractivity contribution in [1.29, 1.82) is 0 Å². The number of aromatic nitrogens is 4. The van der Waals surface area contributed by atoms with Crippen molar-refractivity contribution >= 4 is 23.1 Å². The number of aromatic amines is 1. The summed E-state index contributed by atoms with van der Waals surface area (Å²) in [7, 11) is 0. The van der Waals surface area contributed by atoms with E-state index < -0.39 is 5.97 Å². The zero-order valence-corrected chi connectivity index (χ0v) is 15.2. The van der Waals surface area contributed by atoms with E-state index in [1.165, 1.54) is 4.68 Å². The number of aliphatic carboxylic acids is 1. The van der Waals surface area contributed by atoms with Crippen molar-refractivity contribution < 1.29 is 14.5 Å². The third-order valence-electron chi connectivity index (χ3n) is 4.50. The van der Waals surface area contributed by atoms with Crippen LogP contribution in [0.1, 0.15) is 23.9 Å². The average Bonchev–Trinajstić information content (AvgIpc) is 3.24. The molecule has 8 nitrogen and oxygen atoms in total. The zero-order valence-electron chi connectivity index (χ0n) is 15.2. The number of aliphatic imine (C=N–C) groups is 1. The van der Waals surface area contributed by atoms with E-state index >= 15 is 0 Å². The molecule has 4 rings (SSSR count). The lowest BCUT2D eigenvalue weighted by Crippen LogP contribution is -2.36. The van der Waals surface area contributed by atoms with Crippen molar-refractivity contribution in [3.05, 3.63) is 82.3 Å². The van der Waals surface area contributed by atoms with Crippen molar-refractivity contribution in [2.45, 2.75) is 19.9 Å². The molecular weight excluding hydrogens is 358 g/mol. The van der Waals surface area contributed by atoms with E-state index in [1.54, 1.807) is 18.6 Å². The fourth-order valence-corrected chi connectivity index (χ4v) is 3.24. The van der Waals surface area contributed by atoms with Crippen LogP contribution >= 0.6 is 0 Å². The summed E-state index contributed by atoms with van der Waals surface area (Å²) in [6.45, 7) is 2.36. The van der Waals surface area contributed by atoms with Gasteiger partial charge in [0.1, 0.15) is 17.1 Å². The minimum absolute atomic E-state index is 0.230. The van der Waals surface area contributed by atoms with Crippen LogP contribution in [0.15, 0.2) is 64.8 Å². The molecule has 0 radical (unpaired) electrons. The quantitative estimate of drug-likeness (QED) is 0.659. The van der Waals surface area contributed by atoms with Gasteiger partial charge in [0.2, 0.25) is 5.70 Å². The number of nitrogens with one attached hydrogen (secondary N) is 1. The minimum atomic E-state index is -0.982. The molecule has 0 amide bonds. The van der Waals surface area contributed by atoms with Gasteiger partial charge in [0.25, 0.3) is 11.3 Å². The van der Waals surface area contributed by atoms with Crippen LogP contribution in [0.2, 0.25) is 0 Å². The fourth-order valence-electron chi connectivity index (χ4n) is 3.24. The lowest BCUT2D eigenvalue weighted by molar-refractivity contribution is -0.578. The van der Waals surface area contributed by atoms with Crippen molar-refractivity contribution in [2.75, 3.05) is 0 Å². The summed E-state index contributed by atoms with van der Waals surface area (Å²) in [6, 6.07) is 9.70. The highest BCUT2D eigenvalue weighted by molar-refractivity contribution is 6.13. The van der Waals surface area contributed by atoms with Crippen LogP contribution in [0, 0.1) is 0 Å². The Morgan fingerprint density at radius 1 is 1.32 bits per heavy atom. The monoisotopic (exact) mass is 376 g/mol. The maximum Gasteiger partial charge on any atom is 0.309 e. The highest BCUT2D eigenvalue weighted by Crippen LogP contribution is 2.22. The van der Waals surface area contributed by atoms with E-state index in [2.05, 4.69) is 15.1 Å². The molecule has 0 bridgehead atoms. The second-order valence-electron chi connectivity index (χ2n) is 6.26. The molecule has 3 heterocycles. The van der Waals surface area contributed by atoms with Crippen LogP contribution in [0.25, 0.3) is 5.70 Å². The number of benzene rings is 1. The number of carbonyl (C=O) groups is 1. The molecule has 1 aliphatic heterocycles. The average molecular weight is 376 g/mol. The molecule has 140 valence electrons. The highest BCUT2D eigenvalue weighted by atomic mass is 16.4. The maximum absolute atomic E-state index is 12.4. The standard InChI is InChI=1S/C20H17N5O3/c1-2-25-20(28)16(12-22-25)23-15-10-17(13-6-4-3-5-7-13)24-9-8-21-14(19(15)24)11-18(26)27/h3-10,12H,2,11H2,1H3,(H,26,27)/p+1. The predicted molar refractivity (Wildman–Crippen MR) is 103 cm³/mol. The first-order valence-corrected chi connectivity index (χ1v) is 8.84. The van der Waals surface area contributed by atoms with Gasteiger partial charge < -0.3 is 10.2 Å². The first kappa shape index (κ1) is 17.6. The summed E-state index contributed by atoms with van der Waals surface area (Å²) in [6.07, 6.45) is 6.49. The van der Waals surface area contributed by atoms with Crippen molar-refractivity contribution in [1.82, 2.24) is 14.8 Å². The molecule has 1 aliphatic rings. The number of H-pyrrole nitrogens is 1. The zero-order chi connectivity index (χ0) is 19.7. The molecule has 2 aromatic heterocycles. The van der Waals surface area contributed by atoms with E-state index in [9.17, 15) is 14.7 Å². The van der Waals surface area contributed by atoms with Gasteiger partial charge in [-0.2, -0.15) is 4.57 Å². The number of carboxylic acids is 1. The van der Waals surface area contributed by atoms with Gasteiger partial charge in [-0.05, 0) is 19.1 Å². The topological polar surface area (TPSA) is 104 Å². The van der Waals surface area contributed by atoms with E-state index in [1.807, 2.05) is 47.9 Å². The molecule has 0 saturated carbocycles. The summed E-state index contributed by atoms with van der Waals surface area (Å²) >= 11 is 0. The molecule has 3 aromatic rings. The second-order valence-corrected chi connectivity index (χ2v) is 6.26. The van der Waals surface area contributed by atoms with Crippen LogP contribution < -0.4 is 10.1 Å². The number of fused-ring (bicyclic) bond motifs is 1. The Balaban J connectivity index is 1.92. The summed E-state index contributed by atoms with van der Waals surface area (Å²) < 4.78 is 3.32. The molecule has 0 aliphatic carbocycles. The van der Waals surface area contributed by atoms with Crippen LogP contribution in [0.5, 0.6) is 0 Å². The van der Waals surface area contributed by atoms with Gasteiger partial charge in [-0.3, -0.25) is 14.3 Å². The Morgan fingerprint density at radius 2 is 2.11 bits per heavy atom. The summed E-state index contributed by atoms with van der Waals surface area (Å²) in [5.41, 5.74) is 3.30. The maximum atomic E-state index is 12.4. The van der Waals surface area contributed by atoms with Crippen molar-refractivity contribution in [2.24, 2.45) is 4.99 Å². The molecule has 1 aromatic carbocycles. The van der Waals surface area contributed by atoms with Crippen LogP contribution in [0.4, 0.5) is 5.69 Å². The lowest BCUT2D eigenvalue weighted by atomic mass is 10.1. The van der Waals surface area contributed by atoms with E-state index in [0.29, 0.717) is 23.6 Å². The number of nitrogens with zero attached hydrogens (tertiary/aromatic N) is 4. The number of aryl methyl sites for hydroxylation is 1. The van der Waals surface area contributed by atoms with Gasteiger partial charge in [0, 0.05) is 24.4 Å². The first-order valence-electron chi connectivity index (χ1n) is 8.84. The van der Waals surface area contributed by atoms with E-state index in [0.717, 1.165) is 11.3 Å². The summed E-state index contributed by atoms with van der Waals surface area (Å²) in [5.74, 6) is -0.982. The van der Waals surface area contributed by atoms with Crippen molar-refractivity contribution in [3.63, 3.8) is 0 Å². The van der Waals surface area contributed by atoms with Crippen molar-refractivity contribution in [3.8, 4) is 0 Å². The number of hydrogen-bond donors (Lipinski definition) is 2. The molecule has 0 fully saturated rings. The number of rotatable bonds is 5. The fraction of sp³-hybridized carbons (Fsp3) is 0.150.